The van der Waals surface area contributed by atoms with Gasteiger partial charge in [-0.15, -0.1) is 6.58 Å². The average Bonchev–Trinajstić information content (AvgIpc) is 2.93. The van der Waals surface area contributed by atoms with E-state index in [2.05, 4.69) is 52.6 Å². The van der Waals surface area contributed by atoms with Gasteiger partial charge in [-0.25, -0.2) is 0 Å². The summed E-state index contributed by atoms with van der Waals surface area (Å²) in [5, 5.41) is 7.78. The predicted octanol–water partition coefficient (Wildman–Crippen LogP) is 3.33. The molecule has 0 saturated heterocycles. The zero-order valence-electron chi connectivity index (χ0n) is 12.2. The van der Waals surface area contributed by atoms with Crippen molar-refractivity contribution in [1.82, 2.24) is 10.2 Å². The molecule has 1 aromatic heterocycles. The molecule has 106 valence electrons. The fraction of sp³-hybridized carbons (Fsp3) is 0.533. The van der Waals surface area contributed by atoms with Crippen LogP contribution in [0, 0.1) is 0 Å². The molecule has 0 radical (unpaired) electrons. The Labute approximate surface area is 121 Å². The van der Waals surface area contributed by atoms with Crippen LogP contribution in [0.25, 0.3) is 0 Å². The van der Waals surface area contributed by atoms with Crippen LogP contribution >= 0.6 is 11.3 Å². The van der Waals surface area contributed by atoms with Gasteiger partial charge in [0.1, 0.15) is 0 Å². The number of thiophene rings is 1. The molecule has 1 unspecified atom stereocenters. The third kappa shape index (κ3) is 5.47. The molecule has 0 aliphatic rings. The number of hydrogen-bond acceptors (Lipinski definition) is 2. The highest BCUT2D eigenvalue weighted by Crippen LogP contribution is 2.17. The first kappa shape index (κ1) is 15.8. The first-order valence-electron chi connectivity index (χ1n) is 6.73. The van der Waals surface area contributed by atoms with E-state index in [9.17, 15) is 0 Å². The van der Waals surface area contributed by atoms with Crippen LogP contribution in [0.2, 0.25) is 0 Å². The molecule has 0 fully saturated rings. The summed E-state index contributed by atoms with van der Waals surface area (Å²) in [5.41, 5.74) is 1.39. The van der Waals surface area contributed by atoms with Crippen molar-refractivity contribution in [2.75, 3.05) is 27.2 Å². The fourth-order valence-electron chi connectivity index (χ4n) is 1.88. The molecule has 4 heteroatoms. The van der Waals surface area contributed by atoms with Gasteiger partial charge >= 0.3 is 0 Å². The van der Waals surface area contributed by atoms with Crippen LogP contribution in [0.1, 0.15) is 31.2 Å². The summed E-state index contributed by atoms with van der Waals surface area (Å²) >= 11 is 1.75. The van der Waals surface area contributed by atoms with Crippen molar-refractivity contribution in [2.24, 2.45) is 4.99 Å². The highest BCUT2D eigenvalue weighted by molar-refractivity contribution is 7.07. The minimum absolute atomic E-state index is 0.504. The van der Waals surface area contributed by atoms with E-state index >= 15 is 0 Å². The van der Waals surface area contributed by atoms with Gasteiger partial charge in [-0.1, -0.05) is 13.0 Å². The highest BCUT2D eigenvalue weighted by Gasteiger charge is 2.09. The Bertz CT molecular complexity index is 384. The lowest BCUT2D eigenvalue weighted by Crippen LogP contribution is -2.40. The molecule has 0 saturated carbocycles. The van der Waals surface area contributed by atoms with Gasteiger partial charge in [0.25, 0.3) is 0 Å². The first-order chi connectivity index (χ1) is 9.19. The maximum atomic E-state index is 4.33. The van der Waals surface area contributed by atoms with E-state index in [0.717, 1.165) is 31.9 Å². The molecule has 1 atom stereocenters. The zero-order valence-corrected chi connectivity index (χ0v) is 13.0. The molecule has 1 N–H and O–H groups in total. The van der Waals surface area contributed by atoms with Crippen molar-refractivity contribution in [3.63, 3.8) is 0 Å². The Kier molecular flexibility index (Phi) is 7.26. The van der Waals surface area contributed by atoms with E-state index in [-0.39, 0.29) is 0 Å². The second kappa shape index (κ2) is 8.75. The van der Waals surface area contributed by atoms with E-state index in [1.54, 1.807) is 11.3 Å². The van der Waals surface area contributed by atoms with E-state index < -0.39 is 0 Å². The minimum atomic E-state index is 0.504. The molecule has 3 nitrogen and oxygen atoms in total. The molecule has 1 rings (SSSR count). The predicted molar refractivity (Wildman–Crippen MR) is 86.2 cm³/mol. The summed E-state index contributed by atoms with van der Waals surface area (Å²) in [7, 11) is 3.91. The zero-order chi connectivity index (χ0) is 14.1. The smallest absolute Gasteiger partial charge is 0.193 e. The van der Waals surface area contributed by atoms with Gasteiger partial charge in [0, 0.05) is 27.2 Å². The van der Waals surface area contributed by atoms with Crippen molar-refractivity contribution in [3.8, 4) is 0 Å². The molecular weight excluding hydrogens is 254 g/mol. The third-order valence-corrected chi connectivity index (χ3v) is 3.86. The lowest BCUT2D eigenvalue weighted by molar-refractivity contribution is 0.467. The lowest BCUT2D eigenvalue weighted by Gasteiger charge is -2.23. The van der Waals surface area contributed by atoms with Crippen LogP contribution in [0.15, 0.2) is 34.5 Å². The Balaban J connectivity index is 2.38. The van der Waals surface area contributed by atoms with Gasteiger partial charge in [-0.3, -0.25) is 4.99 Å². The molecule has 0 aromatic carbocycles. The third-order valence-electron chi connectivity index (χ3n) is 3.15. The largest absolute Gasteiger partial charge is 0.356 e. The van der Waals surface area contributed by atoms with Gasteiger partial charge in [-0.2, -0.15) is 11.3 Å². The number of nitrogens with one attached hydrogen (secondary N) is 1. The number of allylic oxidation sites excluding steroid dienone is 1. The normalized spacial score (nSPS) is 13.1. The topological polar surface area (TPSA) is 27.6 Å². The number of rotatable bonds is 7. The van der Waals surface area contributed by atoms with Crippen molar-refractivity contribution < 1.29 is 0 Å². The Morgan fingerprint density at radius 1 is 1.63 bits per heavy atom. The van der Waals surface area contributed by atoms with Crippen LogP contribution in [0.4, 0.5) is 0 Å². The molecule has 0 aliphatic heterocycles. The molecule has 0 aliphatic carbocycles. The van der Waals surface area contributed by atoms with E-state index in [1.807, 2.05) is 13.1 Å². The Morgan fingerprint density at radius 2 is 2.42 bits per heavy atom. The van der Waals surface area contributed by atoms with Crippen LogP contribution in [-0.2, 0) is 0 Å². The van der Waals surface area contributed by atoms with Crippen LogP contribution in [-0.4, -0.2) is 38.0 Å². The van der Waals surface area contributed by atoms with Crippen LogP contribution in [0.5, 0.6) is 0 Å². The monoisotopic (exact) mass is 279 g/mol. The quantitative estimate of drug-likeness (QED) is 0.359. The summed E-state index contributed by atoms with van der Waals surface area (Å²) in [5.74, 6) is 1.47. The van der Waals surface area contributed by atoms with Gasteiger partial charge in [0.05, 0.1) is 0 Å². The fourth-order valence-corrected chi connectivity index (χ4v) is 2.66. The Morgan fingerprint density at radius 3 is 3.00 bits per heavy atom. The standard InChI is InChI=1S/C15H25N3S/c1-5-6-7-9-18(4)15(16-3)17-11-13(2)14-8-10-19-12-14/h5,8,10,12-13H,1,6-7,9,11H2,2-4H3,(H,16,17). The number of hydrogen-bond donors (Lipinski definition) is 1. The van der Waals surface area contributed by atoms with E-state index in [0.29, 0.717) is 5.92 Å². The van der Waals surface area contributed by atoms with E-state index in [4.69, 9.17) is 0 Å². The lowest BCUT2D eigenvalue weighted by atomic mass is 10.1. The van der Waals surface area contributed by atoms with Gasteiger partial charge in [-0.05, 0) is 41.1 Å². The summed E-state index contributed by atoms with van der Waals surface area (Å²) in [6, 6.07) is 2.19. The number of guanidine groups is 1. The van der Waals surface area contributed by atoms with Crippen molar-refractivity contribution in [3.05, 3.63) is 35.0 Å². The molecule has 0 bridgehead atoms. The van der Waals surface area contributed by atoms with Crippen LogP contribution in [0.3, 0.4) is 0 Å². The minimum Gasteiger partial charge on any atom is -0.356 e. The van der Waals surface area contributed by atoms with Gasteiger partial charge < -0.3 is 10.2 Å². The number of unbranched alkanes of at least 4 members (excludes halogenated alkanes) is 1. The average molecular weight is 279 g/mol. The SMILES string of the molecule is C=CCCCN(C)C(=NC)NCC(C)c1ccsc1. The van der Waals surface area contributed by atoms with Crippen LogP contribution < -0.4 is 5.32 Å². The highest BCUT2D eigenvalue weighted by atomic mass is 32.1. The molecule has 1 heterocycles. The summed E-state index contributed by atoms with van der Waals surface area (Å²) in [6.07, 6.45) is 4.12. The van der Waals surface area contributed by atoms with Crippen molar-refractivity contribution in [2.45, 2.75) is 25.7 Å². The number of nitrogens with zero attached hydrogens (tertiary/aromatic N) is 2. The summed E-state index contributed by atoms with van der Waals surface area (Å²) in [6.45, 7) is 7.89. The van der Waals surface area contributed by atoms with Gasteiger partial charge in [0.2, 0.25) is 0 Å². The molecule has 1 aromatic rings. The molecule has 19 heavy (non-hydrogen) atoms. The van der Waals surface area contributed by atoms with Crippen molar-refractivity contribution >= 4 is 17.3 Å². The maximum Gasteiger partial charge on any atom is 0.193 e. The molecule has 0 spiro atoms. The Hall–Kier alpha value is -1.29. The second-order valence-corrected chi connectivity index (χ2v) is 5.52. The summed E-state index contributed by atoms with van der Waals surface area (Å²) in [4.78, 5) is 6.50. The van der Waals surface area contributed by atoms with Crippen molar-refractivity contribution in [1.29, 1.82) is 0 Å². The van der Waals surface area contributed by atoms with E-state index in [1.165, 1.54) is 5.56 Å². The summed E-state index contributed by atoms with van der Waals surface area (Å²) < 4.78 is 0. The van der Waals surface area contributed by atoms with Gasteiger partial charge in [0.15, 0.2) is 5.96 Å². The maximum absolute atomic E-state index is 4.33. The molecule has 0 amide bonds. The number of aliphatic imine (C=N–C) groups is 1. The molecular formula is C15H25N3S. The second-order valence-electron chi connectivity index (χ2n) is 4.74. The first-order valence-corrected chi connectivity index (χ1v) is 7.68.